The Labute approximate surface area is 96.1 Å². The van der Waals surface area contributed by atoms with Crippen LogP contribution in [0.2, 0.25) is 25.1 Å². The third kappa shape index (κ3) is 1.66. The zero-order valence-corrected chi connectivity index (χ0v) is 9.25. The lowest BCUT2D eigenvalue weighted by molar-refractivity contribution is 1.75. The minimum absolute atomic E-state index is 0.113. The number of halogens is 5. The van der Waals surface area contributed by atoms with Crippen LogP contribution in [0, 0.1) is 0 Å². The summed E-state index contributed by atoms with van der Waals surface area (Å²) < 4.78 is 0. The Morgan fingerprint density at radius 2 is 0.833 bits per heavy atom. The van der Waals surface area contributed by atoms with E-state index in [0.29, 0.717) is 0 Å². The van der Waals surface area contributed by atoms with Crippen molar-refractivity contribution >= 4 is 71.3 Å². The molecule has 0 N–H and O–H groups in total. The minimum atomic E-state index is 0.113. The maximum Gasteiger partial charge on any atom is 0.118 e. The van der Waals surface area contributed by atoms with Crippen molar-refractivity contribution in [2.45, 2.75) is 0 Å². The van der Waals surface area contributed by atoms with E-state index in [1.165, 1.54) is 0 Å². The van der Waals surface area contributed by atoms with Crippen molar-refractivity contribution in [3.63, 3.8) is 0 Å². The summed E-state index contributed by atoms with van der Waals surface area (Å²) in [5, 5.41) is 0.588. The van der Waals surface area contributed by atoms with Gasteiger partial charge >= 0.3 is 0 Å². The highest BCUT2D eigenvalue weighted by molar-refractivity contribution is 6.61. The third-order valence-electron chi connectivity index (χ3n) is 1.24. The van der Waals surface area contributed by atoms with Crippen molar-refractivity contribution < 1.29 is 0 Å². The lowest BCUT2D eigenvalue weighted by Gasteiger charge is -2.08. The van der Waals surface area contributed by atoms with E-state index in [1.807, 2.05) is 0 Å². The second kappa shape index (κ2) is 3.85. The smallest absolute Gasteiger partial charge is 0.0832 e. The summed E-state index contributed by atoms with van der Waals surface area (Å²) in [4.78, 5) is 0. The molecule has 0 atom stereocenters. The van der Waals surface area contributed by atoms with E-state index in [0.717, 1.165) is 0 Å². The Balaban J connectivity index is 3.60. The van der Waals surface area contributed by atoms with Gasteiger partial charge in [0.1, 0.15) is 7.85 Å². The number of hydrogen-bond donors (Lipinski definition) is 0. The second-order valence-corrected chi connectivity index (χ2v) is 3.87. The topological polar surface area (TPSA) is 0 Å². The fraction of sp³-hybridized carbons (Fsp3) is 0. The van der Waals surface area contributed by atoms with Crippen LogP contribution in [-0.2, 0) is 0 Å². The maximum absolute atomic E-state index is 5.68. The van der Waals surface area contributed by atoms with Crippen LogP contribution in [0.25, 0.3) is 0 Å². The molecule has 0 saturated carbocycles. The molecule has 1 aromatic carbocycles. The summed E-state index contributed by atoms with van der Waals surface area (Å²) in [6.45, 7) is 0. The van der Waals surface area contributed by atoms with E-state index in [2.05, 4.69) is 0 Å². The molecule has 0 fully saturated rings. The Kier molecular flexibility index (Phi) is 3.47. The summed E-state index contributed by atoms with van der Waals surface area (Å²) >= 11 is 28.4. The van der Waals surface area contributed by atoms with Crippen molar-refractivity contribution in [2.75, 3.05) is 0 Å². The van der Waals surface area contributed by atoms with Crippen LogP contribution in [0.15, 0.2) is 0 Å². The predicted molar refractivity (Wildman–Crippen MR) is 56.9 cm³/mol. The van der Waals surface area contributed by atoms with Gasteiger partial charge in [-0.25, -0.2) is 0 Å². The van der Waals surface area contributed by atoms with Crippen molar-refractivity contribution in [2.24, 2.45) is 0 Å². The molecule has 2 radical (unpaired) electrons. The van der Waals surface area contributed by atoms with E-state index in [9.17, 15) is 0 Å². The van der Waals surface area contributed by atoms with E-state index in [1.54, 1.807) is 0 Å². The van der Waals surface area contributed by atoms with Gasteiger partial charge in [-0.2, -0.15) is 0 Å². The van der Waals surface area contributed by atoms with Crippen LogP contribution < -0.4 is 5.46 Å². The molecule has 0 unspecified atom stereocenters. The molecule has 0 spiro atoms. The van der Waals surface area contributed by atoms with Crippen LogP contribution in [0.3, 0.4) is 0 Å². The summed E-state index contributed by atoms with van der Waals surface area (Å²) in [5.74, 6) is 0. The van der Waals surface area contributed by atoms with Gasteiger partial charge in [0.2, 0.25) is 0 Å². The first-order valence-corrected chi connectivity index (χ1v) is 4.62. The van der Waals surface area contributed by atoms with Gasteiger partial charge in [0.05, 0.1) is 25.1 Å². The molecular weight excluding hydrogens is 260 g/mol. The van der Waals surface area contributed by atoms with E-state index in [4.69, 9.17) is 65.9 Å². The van der Waals surface area contributed by atoms with Gasteiger partial charge < -0.3 is 0 Å². The molecule has 0 aromatic heterocycles. The lowest BCUT2D eigenvalue weighted by atomic mass is 9.96. The molecule has 0 amide bonds. The van der Waals surface area contributed by atoms with Crippen LogP contribution >= 0.6 is 58.0 Å². The summed E-state index contributed by atoms with van der Waals surface area (Å²) in [5.41, 5.74) is 0.137. The van der Waals surface area contributed by atoms with Gasteiger partial charge in [-0.1, -0.05) is 63.5 Å². The minimum Gasteiger partial charge on any atom is -0.0832 e. The van der Waals surface area contributed by atoms with Crippen molar-refractivity contribution in [1.29, 1.82) is 0 Å². The fourth-order valence-electron chi connectivity index (χ4n) is 0.622. The van der Waals surface area contributed by atoms with Gasteiger partial charge in [0.15, 0.2) is 0 Å². The largest absolute Gasteiger partial charge is 0.118 e. The molecule has 0 heterocycles. The van der Waals surface area contributed by atoms with Gasteiger partial charge in [-0.3, -0.25) is 0 Å². The van der Waals surface area contributed by atoms with Gasteiger partial charge in [-0.05, 0) is 0 Å². The summed E-state index contributed by atoms with van der Waals surface area (Å²) in [6.07, 6.45) is 0. The SMILES string of the molecule is [B]c1c(Cl)c(Cl)c(Cl)c(Cl)c1Cl. The highest BCUT2D eigenvalue weighted by atomic mass is 35.5. The Morgan fingerprint density at radius 1 is 0.583 bits per heavy atom. The molecule has 0 aliphatic heterocycles. The fourth-order valence-corrected chi connectivity index (χ4v) is 1.77. The summed E-state index contributed by atoms with van der Waals surface area (Å²) in [7, 11) is 5.46. The van der Waals surface area contributed by atoms with Crippen molar-refractivity contribution in [3.8, 4) is 0 Å². The van der Waals surface area contributed by atoms with Crippen LogP contribution in [0.4, 0.5) is 0 Å². The average Bonchev–Trinajstić information content (AvgIpc) is 2.08. The molecule has 1 aromatic rings. The van der Waals surface area contributed by atoms with Gasteiger partial charge in [0, 0.05) is 0 Å². The first-order chi connectivity index (χ1) is 5.46. The van der Waals surface area contributed by atoms with Crippen molar-refractivity contribution in [1.82, 2.24) is 0 Å². The number of benzene rings is 1. The summed E-state index contributed by atoms with van der Waals surface area (Å²) in [6, 6.07) is 0. The first-order valence-electron chi connectivity index (χ1n) is 2.73. The molecular formula is C6BCl5. The maximum atomic E-state index is 5.68. The Hall–Kier alpha value is 0.735. The monoisotopic (exact) mass is 258 g/mol. The lowest BCUT2D eigenvalue weighted by Crippen LogP contribution is -2.07. The number of hydrogen-bond acceptors (Lipinski definition) is 0. The molecule has 0 nitrogen and oxygen atoms in total. The molecule has 0 saturated heterocycles. The van der Waals surface area contributed by atoms with Crippen molar-refractivity contribution in [3.05, 3.63) is 25.1 Å². The Morgan fingerprint density at radius 3 is 1.17 bits per heavy atom. The van der Waals surface area contributed by atoms with E-state index < -0.39 is 0 Å². The quantitative estimate of drug-likeness (QED) is 0.378. The first kappa shape index (κ1) is 10.8. The molecule has 0 aliphatic carbocycles. The molecule has 12 heavy (non-hydrogen) atoms. The second-order valence-electron chi connectivity index (χ2n) is 1.98. The third-order valence-corrected chi connectivity index (χ3v) is 3.55. The highest BCUT2D eigenvalue weighted by Gasteiger charge is 2.15. The van der Waals surface area contributed by atoms with Gasteiger partial charge in [0.25, 0.3) is 0 Å². The molecule has 6 heteroatoms. The zero-order chi connectivity index (χ0) is 9.46. The van der Waals surface area contributed by atoms with Crippen LogP contribution in [-0.4, -0.2) is 7.85 Å². The highest BCUT2D eigenvalue weighted by Crippen LogP contribution is 2.38. The normalized spacial score (nSPS) is 10.4. The standard InChI is InChI=1S/C6BCl5/c7-1-2(8)4(10)6(12)5(11)3(1)9. The predicted octanol–water partition coefficient (Wildman–Crippen LogP) is 3.75. The van der Waals surface area contributed by atoms with E-state index >= 15 is 0 Å². The average molecular weight is 260 g/mol. The van der Waals surface area contributed by atoms with Crippen LogP contribution in [0.5, 0.6) is 0 Å². The molecule has 0 aliphatic rings. The molecule has 1 rings (SSSR count). The Bertz CT molecular complexity index is 230. The number of rotatable bonds is 0. The van der Waals surface area contributed by atoms with E-state index in [-0.39, 0.29) is 30.6 Å². The molecule has 0 bridgehead atoms. The molecule has 62 valence electrons. The van der Waals surface area contributed by atoms with Crippen LogP contribution in [0.1, 0.15) is 0 Å². The zero-order valence-electron chi connectivity index (χ0n) is 5.47. The van der Waals surface area contributed by atoms with Gasteiger partial charge in [-0.15, -0.1) is 0 Å².